The minimum atomic E-state index is -0.209. The molecule has 4 nitrogen and oxygen atoms in total. The maximum Gasteiger partial charge on any atom is 0.241 e. The van der Waals surface area contributed by atoms with Gasteiger partial charge in [-0.2, -0.15) is 0 Å². The molecule has 1 amide bonds. The van der Waals surface area contributed by atoms with Gasteiger partial charge in [-0.25, -0.2) is 0 Å². The number of hydrogen-bond donors (Lipinski definition) is 2. The van der Waals surface area contributed by atoms with E-state index in [0.717, 1.165) is 41.8 Å². The van der Waals surface area contributed by atoms with Crippen LogP contribution in [0.2, 0.25) is 0 Å². The van der Waals surface area contributed by atoms with Crippen molar-refractivity contribution in [2.75, 3.05) is 18.4 Å². The first-order valence-electron chi connectivity index (χ1n) is 11.2. The van der Waals surface area contributed by atoms with E-state index in [1.54, 1.807) is 0 Å². The Morgan fingerprint density at radius 2 is 1.69 bits per heavy atom. The molecule has 0 unspecified atom stereocenters. The highest BCUT2D eigenvalue weighted by Crippen LogP contribution is 2.30. The number of nitrogens with zero attached hydrogens (tertiary/aromatic N) is 1. The van der Waals surface area contributed by atoms with Gasteiger partial charge in [-0.15, -0.1) is 0 Å². The number of fused-ring (bicyclic) bond motifs is 1. The number of hydrogen-bond acceptors (Lipinski definition) is 2. The van der Waals surface area contributed by atoms with Crippen molar-refractivity contribution in [1.82, 2.24) is 9.88 Å². The van der Waals surface area contributed by atoms with E-state index < -0.39 is 0 Å². The summed E-state index contributed by atoms with van der Waals surface area (Å²) < 4.78 is 0. The number of rotatable bonds is 5. The molecule has 1 aliphatic heterocycles. The third-order valence-corrected chi connectivity index (χ3v) is 6.37. The van der Waals surface area contributed by atoms with Crippen molar-refractivity contribution in [3.8, 4) is 11.1 Å². The van der Waals surface area contributed by atoms with Crippen LogP contribution in [0.1, 0.15) is 18.9 Å². The summed E-state index contributed by atoms with van der Waals surface area (Å²) in [5.41, 5.74) is 6.77. The number of carbonyl (C=O) groups excluding carboxylic acids is 1. The van der Waals surface area contributed by atoms with Gasteiger partial charge in [-0.3, -0.25) is 9.69 Å². The molecule has 0 radical (unpaired) electrons. The highest BCUT2D eigenvalue weighted by molar-refractivity contribution is 5.98. The highest BCUT2D eigenvalue weighted by Gasteiger charge is 2.24. The first kappa shape index (κ1) is 20.3. The molecule has 2 N–H and O–H groups in total. The van der Waals surface area contributed by atoms with Gasteiger partial charge in [0.05, 0.1) is 6.04 Å². The summed E-state index contributed by atoms with van der Waals surface area (Å²) in [5, 5.41) is 4.42. The van der Waals surface area contributed by atoms with E-state index in [9.17, 15) is 4.79 Å². The second-order valence-electron chi connectivity index (χ2n) is 8.30. The molecular weight excluding hydrogens is 394 g/mol. The molecule has 1 atom stereocenters. The first-order chi connectivity index (χ1) is 15.7. The summed E-state index contributed by atoms with van der Waals surface area (Å²) in [4.78, 5) is 18.7. The van der Waals surface area contributed by atoms with Crippen LogP contribution in [0.25, 0.3) is 27.6 Å². The lowest BCUT2D eigenvalue weighted by molar-refractivity contribution is -0.120. The van der Waals surface area contributed by atoms with Crippen molar-refractivity contribution in [2.45, 2.75) is 19.4 Å². The molecule has 2 heterocycles. The van der Waals surface area contributed by atoms with E-state index in [1.165, 1.54) is 16.5 Å². The molecule has 0 saturated carbocycles. The van der Waals surface area contributed by atoms with Gasteiger partial charge >= 0.3 is 0 Å². The molecule has 0 bridgehead atoms. The van der Waals surface area contributed by atoms with E-state index in [0.29, 0.717) is 0 Å². The molecule has 0 fully saturated rings. The van der Waals surface area contributed by atoms with Gasteiger partial charge in [-0.1, -0.05) is 72.8 Å². The monoisotopic (exact) mass is 421 g/mol. The van der Waals surface area contributed by atoms with Crippen LogP contribution in [-0.2, 0) is 4.79 Å². The van der Waals surface area contributed by atoms with Crippen molar-refractivity contribution >= 4 is 28.1 Å². The van der Waals surface area contributed by atoms with Crippen LogP contribution in [0, 0.1) is 0 Å². The lowest BCUT2D eigenvalue weighted by atomic mass is 9.98. The molecule has 32 heavy (non-hydrogen) atoms. The van der Waals surface area contributed by atoms with Crippen LogP contribution in [0.15, 0.2) is 91.1 Å². The highest BCUT2D eigenvalue weighted by atomic mass is 16.2. The largest absolute Gasteiger partial charge is 0.361 e. The molecular formula is C28H27N3O. The summed E-state index contributed by atoms with van der Waals surface area (Å²) in [6, 6.07) is 26.3. The summed E-state index contributed by atoms with van der Waals surface area (Å²) in [7, 11) is 0. The fourth-order valence-corrected chi connectivity index (χ4v) is 4.48. The second-order valence-corrected chi connectivity index (χ2v) is 8.30. The normalized spacial score (nSPS) is 15.3. The third kappa shape index (κ3) is 3.97. The van der Waals surface area contributed by atoms with Gasteiger partial charge in [-0.05, 0) is 36.6 Å². The smallest absolute Gasteiger partial charge is 0.241 e. The first-order valence-corrected chi connectivity index (χ1v) is 11.2. The number of nitrogens with one attached hydrogen (secondary N) is 2. The van der Waals surface area contributed by atoms with Crippen molar-refractivity contribution in [3.05, 3.63) is 96.7 Å². The van der Waals surface area contributed by atoms with Gasteiger partial charge in [0.15, 0.2) is 0 Å². The number of amides is 1. The van der Waals surface area contributed by atoms with Crippen LogP contribution in [0.4, 0.5) is 5.69 Å². The Bertz CT molecular complexity index is 1270. The lowest BCUT2D eigenvalue weighted by Gasteiger charge is -2.31. The number of carbonyl (C=O) groups is 1. The Balaban J connectivity index is 1.29. The quantitative estimate of drug-likeness (QED) is 0.418. The average molecular weight is 422 g/mol. The van der Waals surface area contributed by atoms with E-state index in [4.69, 9.17) is 0 Å². The predicted octanol–water partition coefficient (Wildman–Crippen LogP) is 5.95. The van der Waals surface area contributed by atoms with E-state index in [-0.39, 0.29) is 11.9 Å². The number of aromatic amines is 1. The van der Waals surface area contributed by atoms with Gasteiger partial charge in [0, 0.05) is 47.0 Å². The van der Waals surface area contributed by atoms with Gasteiger partial charge < -0.3 is 10.3 Å². The van der Waals surface area contributed by atoms with Crippen LogP contribution >= 0.6 is 0 Å². The fraction of sp³-hybridized carbons (Fsp3) is 0.179. The Morgan fingerprint density at radius 3 is 2.50 bits per heavy atom. The average Bonchev–Trinajstić information content (AvgIpc) is 3.29. The maximum atomic E-state index is 13.1. The summed E-state index contributed by atoms with van der Waals surface area (Å²) in [5.74, 6) is 0.0253. The van der Waals surface area contributed by atoms with Crippen LogP contribution in [0.5, 0.6) is 0 Å². The van der Waals surface area contributed by atoms with Gasteiger partial charge in [0.2, 0.25) is 5.91 Å². The van der Waals surface area contributed by atoms with Crippen molar-refractivity contribution in [2.24, 2.45) is 0 Å². The van der Waals surface area contributed by atoms with E-state index in [1.807, 2.05) is 49.4 Å². The maximum absolute atomic E-state index is 13.1. The van der Waals surface area contributed by atoms with Crippen LogP contribution in [-0.4, -0.2) is 34.9 Å². The van der Waals surface area contributed by atoms with Crippen LogP contribution < -0.4 is 5.32 Å². The van der Waals surface area contributed by atoms with E-state index >= 15 is 0 Å². The Hall–Kier alpha value is -3.63. The molecule has 4 heteroatoms. The summed E-state index contributed by atoms with van der Waals surface area (Å²) >= 11 is 0. The van der Waals surface area contributed by atoms with Crippen molar-refractivity contribution in [3.63, 3.8) is 0 Å². The molecule has 0 aliphatic carbocycles. The standard InChI is InChI=1S/C28H27N3O/c1-20(28(32)30-27-14-8-5-11-23(27)21-9-3-2-4-10-21)31-17-15-22(16-18-31)25-19-29-26-13-7-6-12-24(25)26/h2-15,19-20,29H,16-18H2,1H3,(H,30,32)/t20-/m0/s1. The molecule has 0 saturated heterocycles. The zero-order valence-corrected chi connectivity index (χ0v) is 18.2. The summed E-state index contributed by atoms with van der Waals surface area (Å²) in [6.45, 7) is 3.62. The molecule has 0 spiro atoms. The SMILES string of the molecule is C[C@@H](C(=O)Nc1ccccc1-c1ccccc1)N1CC=C(c2c[nH]c3ccccc23)CC1. The minimum absolute atomic E-state index is 0.0253. The predicted molar refractivity (Wildman–Crippen MR) is 132 cm³/mol. The molecule has 1 aliphatic rings. The van der Waals surface area contributed by atoms with E-state index in [2.05, 4.69) is 63.9 Å². The number of H-pyrrole nitrogens is 1. The fourth-order valence-electron chi connectivity index (χ4n) is 4.48. The van der Waals surface area contributed by atoms with Gasteiger partial charge in [0.1, 0.15) is 0 Å². The minimum Gasteiger partial charge on any atom is -0.361 e. The molecule has 3 aromatic carbocycles. The molecule has 5 rings (SSSR count). The second kappa shape index (κ2) is 8.85. The Kier molecular flexibility index (Phi) is 5.61. The zero-order chi connectivity index (χ0) is 21.9. The molecule has 1 aromatic heterocycles. The number of aromatic nitrogens is 1. The van der Waals surface area contributed by atoms with Crippen molar-refractivity contribution < 1.29 is 4.79 Å². The number of anilines is 1. The number of benzene rings is 3. The molecule has 4 aromatic rings. The van der Waals surface area contributed by atoms with Gasteiger partial charge in [0.25, 0.3) is 0 Å². The molecule has 160 valence electrons. The zero-order valence-electron chi connectivity index (χ0n) is 18.2. The third-order valence-electron chi connectivity index (χ3n) is 6.37. The van der Waals surface area contributed by atoms with Crippen molar-refractivity contribution in [1.29, 1.82) is 0 Å². The summed E-state index contributed by atoms with van der Waals surface area (Å²) in [6.07, 6.45) is 5.30. The van der Waals surface area contributed by atoms with Crippen LogP contribution in [0.3, 0.4) is 0 Å². The topological polar surface area (TPSA) is 48.1 Å². The number of para-hydroxylation sites is 2. The Morgan fingerprint density at radius 1 is 0.938 bits per heavy atom. The lowest BCUT2D eigenvalue weighted by Crippen LogP contribution is -2.44. The Labute approximate surface area is 188 Å².